The first-order chi connectivity index (χ1) is 8.20. The molecule has 2 aromatic rings. The van der Waals surface area contributed by atoms with E-state index in [1.807, 2.05) is 26.1 Å². The molecule has 0 radical (unpaired) electrons. The van der Waals surface area contributed by atoms with Crippen LogP contribution in [-0.4, -0.2) is 17.0 Å². The van der Waals surface area contributed by atoms with Crippen molar-refractivity contribution in [2.24, 2.45) is 0 Å². The number of hydrogen-bond donors (Lipinski definition) is 2. The van der Waals surface area contributed by atoms with E-state index in [4.69, 9.17) is 0 Å². The maximum atomic E-state index is 4.25. The van der Waals surface area contributed by atoms with Crippen LogP contribution in [0.25, 0.3) is 0 Å². The van der Waals surface area contributed by atoms with Crippen LogP contribution in [0.5, 0.6) is 0 Å². The fourth-order valence-electron chi connectivity index (χ4n) is 1.53. The molecule has 2 N–H and O–H groups in total. The van der Waals surface area contributed by atoms with Gasteiger partial charge in [0.15, 0.2) is 0 Å². The van der Waals surface area contributed by atoms with Crippen LogP contribution in [0.1, 0.15) is 5.56 Å². The number of aromatic nitrogens is 2. The van der Waals surface area contributed by atoms with Crippen molar-refractivity contribution < 1.29 is 0 Å². The van der Waals surface area contributed by atoms with Gasteiger partial charge < -0.3 is 10.6 Å². The maximum absolute atomic E-state index is 4.25. The van der Waals surface area contributed by atoms with Crippen LogP contribution in [0.15, 0.2) is 30.6 Å². The minimum Gasteiger partial charge on any atom is -0.373 e. The zero-order valence-electron chi connectivity index (χ0n) is 9.66. The molecule has 0 aliphatic heterocycles. The fourth-order valence-corrected chi connectivity index (χ4v) is 2.07. The standard InChI is InChI=1S/C12H13IN4/c1-8-11(14-2)15-7-16-12(8)17-10-5-3-4-9(13)6-10/h3-7H,1-2H3,(H2,14,15,16,17). The molecule has 0 atom stereocenters. The van der Waals surface area contributed by atoms with Gasteiger partial charge in [-0.05, 0) is 47.7 Å². The Labute approximate surface area is 114 Å². The van der Waals surface area contributed by atoms with Crippen molar-refractivity contribution in [1.82, 2.24) is 9.97 Å². The minimum atomic E-state index is 0.825. The summed E-state index contributed by atoms with van der Waals surface area (Å²) >= 11 is 2.29. The summed E-state index contributed by atoms with van der Waals surface area (Å²) in [6.07, 6.45) is 1.55. The van der Waals surface area contributed by atoms with E-state index in [9.17, 15) is 0 Å². The topological polar surface area (TPSA) is 49.8 Å². The first-order valence-corrected chi connectivity index (χ1v) is 6.30. The van der Waals surface area contributed by atoms with E-state index in [1.54, 1.807) is 6.33 Å². The summed E-state index contributed by atoms with van der Waals surface area (Å²) in [4.78, 5) is 8.40. The van der Waals surface area contributed by atoms with Gasteiger partial charge in [-0.15, -0.1) is 0 Å². The second-order valence-electron chi connectivity index (χ2n) is 3.58. The predicted octanol–water partition coefficient (Wildman–Crippen LogP) is 3.17. The third kappa shape index (κ3) is 2.85. The van der Waals surface area contributed by atoms with E-state index in [2.05, 4.69) is 55.3 Å². The van der Waals surface area contributed by atoms with Crippen LogP contribution >= 0.6 is 22.6 Å². The lowest BCUT2D eigenvalue weighted by atomic mass is 10.2. The van der Waals surface area contributed by atoms with Gasteiger partial charge in [-0.3, -0.25) is 0 Å². The van der Waals surface area contributed by atoms with Gasteiger partial charge in [-0.25, -0.2) is 9.97 Å². The Morgan fingerprint density at radius 1 is 1.18 bits per heavy atom. The molecule has 0 spiro atoms. The molecule has 0 saturated heterocycles. The molecule has 1 aromatic heterocycles. The summed E-state index contributed by atoms with van der Waals surface area (Å²) in [5.41, 5.74) is 2.04. The second kappa shape index (κ2) is 5.31. The van der Waals surface area contributed by atoms with Crippen LogP contribution in [0, 0.1) is 10.5 Å². The lowest BCUT2D eigenvalue weighted by Gasteiger charge is -2.11. The number of nitrogens with zero attached hydrogens (tertiary/aromatic N) is 2. The Morgan fingerprint density at radius 2 is 1.94 bits per heavy atom. The van der Waals surface area contributed by atoms with Crippen molar-refractivity contribution in [1.29, 1.82) is 0 Å². The van der Waals surface area contributed by atoms with Crippen molar-refractivity contribution in [3.8, 4) is 0 Å². The predicted molar refractivity (Wildman–Crippen MR) is 78.8 cm³/mol. The molecule has 0 fully saturated rings. The number of nitrogens with one attached hydrogen (secondary N) is 2. The molecule has 0 aliphatic carbocycles. The average Bonchev–Trinajstić information content (AvgIpc) is 2.32. The third-order valence-corrected chi connectivity index (χ3v) is 3.08. The normalized spacial score (nSPS) is 10.1. The van der Waals surface area contributed by atoms with E-state index in [0.29, 0.717) is 0 Å². The second-order valence-corrected chi connectivity index (χ2v) is 4.83. The van der Waals surface area contributed by atoms with Crippen LogP contribution in [-0.2, 0) is 0 Å². The number of hydrogen-bond acceptors (Lipinski definition) is 4. The molecule has 4 nitrogen and oxygen atoms in total. The summed E-state index contributed by atoms with van der Waals surface area (Å²) in [6, 6.07) is 8.15. The summed E-state index contributed by atoms with van der Waals surface area (Å²) in [6.45, 7) is 1.99. The van der Waals surface area contributed by atoms with Gasteiger partial charge in [0, 0.05) is 21.9 Å². The molecule has 17 heavy (non-hydrogen) atoms. The minimum absolute atomic E-state index is 0.825. The van der Waals surface area contributed by atoms with E-state index >= 15 is 0 Å². The van der Waals surface area contributed by atoms with Gasteiger partial charge in [0.2, 0.25) is 0 Å². The summed E-state index contributed by atoms with van der Waals surface area (Å²) in [5, 5.41) is 6.33. The van der Waals surface area contributed by atoms with Gasteiger partial charge in [0.05, 0.1) is 0 Å². The Bertz CT molecular complexity index is 528. The van der Waals surface area contributed by atoms with Gasteiger partial charge in [0.1, 0.15) is 18.0 Å². The molecule has 5 heteroatoms. The number of rotatable bonds is 3. The molecule has 0 aliphatic rings. The smallest absolute Gasteiger partial charge is 0.138 e. The lowest BCUT2D eigenvalue weighted by Crippen LogP contribution is -2.02. The first kappa shape index (κ1) is 12.1. The fraction of sp³-hybridized carbons (Fsp3) is 0.167. The van der Waals surface area contributed by atoms with Crippen LogP contribution in [0.2, 0.25) is 0 Å². The lowest BCUT2D eigenvalue weighted by molar-refractivity contribution is 1.12. The summed E-state index contributed by atoms with van der Waals surface area (Å²) < 4.78 is 1.19. The Hall–Kier alpha value is -1.37. The zero-order valence-corrected chi connectivity index (χ0v) is 11.8. The number of halogens is 1. The third-order valence-electron chi connectivity index (χ3n) is 2.41. The first-order valence-electron chi connectivity index (χ1n) is 5.22. The highest BCUT2D eigenvalue weighted by Crippen LogP contribution is 2.22. The molecule has 0 unspecified atom stereocenters. The van der Waals surface area contributed by atoms with Gasteiger partial charge in [0.25, 0.3) is 0 Å². The molecule has 0 amide bonds. The average molecular weight is 340 g/mol. The Morgan fingerprint density at radius 3 is 2.65 bits per heavy atom. The molecule has 1 heterocycles. The van der Waals surface area contributed by atoms with Crippen molar-refractivity contribution in [3.63, 3.8) is 0 Å². The zero-order chi connectivity index (χ0) is 12.3. The highest BCUT2D eigenvalue weighted by molar-refractivity contribution is 14.1. The van der Waals surface area contributed by atoms with E-state index < -0.39 is 0 Å². The van der Waals surface area contributed by atoms with Crippen molar-refractivity contribution >= 4 is 39.9 Å². The van der Waals surface area contributed by atoms with Gasteiger partial charge >= 0.3 is 0 Å². The number of anilines is 3. The summed E-state index contributed by atoms with van der Waals surface area (Å²) in [5.74, 6) is 1.67. The number of benzene rings is 1. The van der Waals surface area contributed by atoms with Gasteiger partial charge in [-0.1, -0.05) is 6.07 Å². The van der Waals surface area contributed by atoms with Gasteiger partial charge in [-0.2, -0.15) is 0 Å². The van der Waals surface area contributed by atoms with E-state index in [1.165, 1.54) is 3.57 Å². The Balaban J connectivity index is 2.30. The molecular formula is C12H13IN4. The monoisotopic (exact) mass is 340 g/mol. The molecular weight excluding hydrogens is 327 g/mol. The highest BCUT2D eigenvalue weighted by Gasteiger charge is 2.05. The molecule has 0 bridgehead atoms. The quantitative estimate of drug-likeness (QED) is 0.843. The largest absolute Gasteiger partial charge is 0.373 e. The van der Waals surface area contributed by atoms with E-state index in [-0.39, 0.29) is 0 Å². The van der Waals surface area contributed by atoms with Crippen molar-refractivity contribution in [2.45, 2.75) is 6.92 Å². The van der Waals surface area contributed by atoms with Crippen molar-refractivity contribution in [3.05, 3.63) is 39.7 Å². The maximum Gasteiger partial charge on any atom is 0.138 e. The molecule has 88 valence electrons. The van der Waals surface area contributed by atoms with Crippen LogP contribution in [0.4, 0.5) is 17.3 Å². The van der Waals surface area contributed by atoms with Crippen LogP contribution < -0.4 is 10.6 Å². The molecule has 1 aromatic carbocycles. The molecule has 2 rings (SSSR count). The SMILES string of the molecule is CNc1ncnc(Nc2cccc(I)c2)c1C. The van der Waals surface area contributed by atoms with Crippen molar-refractivity contribution in [2.75, 3.05) is 17.7 Å². The van der Waals surface area contributed by atoms with Crippen LogP contribution in [0.3, 0.4) is 0 Å². The highest BCUT2D eigenvalue weighted by atomic mass is 127. The van der Waals surface area contributed by atoms with E-state index in [0.717, 1.165) is 22.9 Å². The molecule has 0 saturated carbocycles. The Kier molecular flexibility index (Phi) is 3.78. The summed E-state index contributed by atoms with van der Waals surface area (Å²) in [7, 11) is 1.85.